The van der Waals surface area contributed by atoms with Crippen molar-refractivity contribution in [1.82, 2.24) is 0 Å². The summed E-state index contributed by atoms with van der Waals surface area (Å²) in [6.07, 6.45) is 4.59. The first-order valence-corrected chi connectivity index (χ1v) is 6.36. The second-order valence-corrected chi connectivity index (χ2v) is 5.38. The second kappa shape index (κ2) is 3.98. The standard InChI is InChI=1S/C14H18FNO/c15-12-7-11(14(9-16)5-6-14)3-4-13(12)17-8-10-1-2-10/h3-4,7,10H,1-2,5-6,8-9,16H2. The molecule has 2 N–H and O–H groups in total. The van der Waals surface area contributed by atoms with Crippen LogP contribution in [0.5, 0.6) is 5.75 Å². The first kappa shape index (κ1) is 11.0. The molecule has 0 unspecified atom stereocenters. The number of hydrogen-bond acceptors (Lipinski definition) is 2. The van der Waals surface area contributed by atoms with E-state index in [9.17, 15) is 4.39 Å². The zero-order valence-corrected chi connectivity index (χ0v) is 9.92. The summed E-state index contributed by atoms with van der Waals surface area (Å²) >= 11 is 0. The molecule has 2 aliphatic rings. The van der Waals surface area contributed by atoms with Gasteiger partial charge in [-0.15, -0.1) is 0 Å². The summed E-state index contributed by atoms with van der Waals surface area (Å²) in [5.41, 5.74) is 6.82. The van der Waals surface area contributed by atoms with Crippen LogP contribution in [0.1, 0.15) is 31.2 Å². The van der Waals surface area contributed by atoms with E-state index in [0.29, 0.717) is 24.8 Å². The van der Waals surface area contributed by atoms with Gasteiger partial charge in [0.15, 0.2) is 11.6 Å². The van der Waals surface area contributed by atoms with Gasteiger partial charge in [0, 0.05) is 12.0 Å². The summed E-state index contributed by atoms with van der Waals surface area (Å²) in [5.74, 6) is 0.782. The highest BCUT2D eigenvalue weighted by Gasteiger charge is 2.43. The minimum atomic E-state index is -0.247. The zero-order valence-electron chi connectivity index (χ0n) is 9.92. The number of ether oxygens (including phenoxy) is 1. The van der Waals surface area contributed by atoms with Crippen LogP contribution in [-0.2, 0) is 5.41 Å². The topological polar surface area (TPSA) is 35.2 Å². The molecule has 2 nitrogen and oxygen atoms in total. The minimum absolute atomic E-state index is 0.0515. The molecule has 0 amide bonds. The Morgan fingerprint density at radius 2 is 2.12 bits per heavy atom. The molecule has 1 aromatic carbocycles. The van der Waals surface area contributed by atoms with Gasteiger partial charge >= 0.3 is 0 Å². The Labute approximate surface area is 101 Å². The largest absolute Gasteiger partial charge is 0.490 e. The lowest BCUT2D eigenvalue weighted by Gasteiger charge is -2.14. The van der Waals surface area contributed by atoms with Gasteiger partial charge in [-0.1, -0.05) is 6.07 Å². The Hall–Kier alpha value is -1.09. The first-order valence-electron chi connectivity index (χ1n) is 6.36. The minimum Gasteiger partial charge on any atom is -0.490 e. The highest BCUT2D eigenvalue weighted by atomic mass is 19.1. The molecule has 0 spiro atoms. The van der Waals surface area contributed by atoms with E-state index >= 15 is 0 Å². The Kier molecular flexibility index (Phi) is 2.58. The Morgan fingerprint density at radius 3 is 2.65 bits per heavy atom. The third-order valence-electron chi connectivity index (χ3n) is 3.96. The van der Waals surface area contributed by atoms with E-state index in [1.807, 2.05) is 6.07 Å². The first-order chi connectivity index (χ1) is 8.23. The molecule has 92 valence electrons. The molecule has 0 aliphatic heterocycles. The van der Waals surface area contributed by atoms with Crippen molar-refractivity contribution >= 4 is 0 Å². The van der Waals surface area contributed by atoms with E-state index < -0.39 is 0 Å². The van der Waals surface area contributed by atoms with Crippen molar-refractivity contribution in [2.75, 3.05) is 13.2 Å². The van der Waals surface area contributed by atoms with E-state index in [0.717, 1.165) is 18.4 Å². The van der Waals surface area contributed by atoms with Crippen molar-refractivity contribution in [2.45, 2.75) is 31.1 Å². The van der Waals surface area contributed by atoms with Gasteiger partial charge in [-0.2, -0.15) is 0 Å². The molecule has 0 bridgehead atoms. The molecule has 17 heavy (non-hydrogen) atoms. The second-order valence-electron chi connectivity index (χ2n) is 5.38. The lowest BCUT2D eigenvalue weighted by atomic mass is 9.96. The molecule has 3 heteroatoms. The molecule has 0 radical (unpaired) electrons. The van der Waals surface area contributed by atoms with Crippen LogP contribution in [0.2, 0.25) is 0 Å². The normalized spacial score (nSPS) is 21.3. The molecular weight excluding hydrogens is 217 g/mol. The summed E-state index contributed by atoms with van der Waals surface area (Å²) in [6, 6.07) is 5.32. The lowest BCUT2D eigenvalue weighted by Crippen LogP contribution is -2.19. The van der Waals surface area contributed by atoms with Crippen molar-refractivity contribution < 1.29 is 9.13 Å². The Morgan fingerprint density at radius 1 is 1.35 bits per heavy atom. The Bertz CT molecular complexity index is 424. The summed E-state index contributed by atoms with van der Waals surface area (Å²) in [4.78, 5) is 0. The van der Waals surface area contributed by atoms with Crippen LogP contribution in [0.4, 0.5) is 4.39 Å². The number of rotatable bonds is 5. The van der Waals surface area contributed by atoms with Crippen LogP contribution in [0.3, 0.4) is 0 Å². The van der Waals surface area contributed by atoms with Crippen molar-refractivity contribution in [2.24, 2.45) is 11.7 Å². The van der Waals surface area contributed by atoms with E-state index in [1.165, 1.54) is 12.8 Å². The third kappa shape index (κ3) is 2.16. The maximum Gasteiger partial charge on any atom is 0.165 e. The van der Waals surface area contributed by atoms with E-state index in [4.69, 9.17) is 10.5 Å². The van der Waals surface area contributed by atoms with Gasteiger partial charge in [0.1, 0.15) is 0 Å². The number of hydrogen-bond donors (Lipinski definition) is 1. The summed E-state index contributed by atoms with van der Waals surface area (Å²) in [7, 11) is 0. The maximum absolute atomic E-state index is 13.8. The van der Waals surface area contributed by atoms with Crippen LogP contribution in [0.25, 0.3) is 0 Å². The smallest absolute Gasteiger partial charge is 0.165 e. The highest BCUT2D eigenvalue weighted by molar-refractivity contribution is 5.37. The quantitative estimate of drug-likeness (QED) is 0.851. The van der Waals surface area contributed by atoms with Gasteiger partial charge in [-0.25, -0.2) is 4.39 Å². The average Bonchev–Trinajstić information content (AvgIpc) is 3.22. The number of halogens is 1. The van der Waals surface area contributed by atoms with Crippen molar-refractivity contribution in [3.8, 4) is 5.75 Å². The maximum atomic E-state index is 13.8. The molecule has 3 rings (SSSR count). The van der Waals surface area contributed by atoms with Crippen molar-refractivity contribution in [3.63, 3.8) is 0 Å². The molecular formula is C14H18FNO. The molecule has 2 aliphatic carbocycles. The van der Waals surface area contributed by atoms with Crippen LogP contribution >= 0.6 is 0 Å². The van der Waals surface area contributed by atoms with Gasteiger partial charge in [0.05, 0.1) is 6.61 Å². The van der Waals surface area contributed by atoms with Gasteiger partial charge in [-0.3, -0.25) is 0 Å². The van der Waals surface area contributed by atoms with Gasteiger partial charge in [0.2, 0.25) is 0 Å². The van der Waals surface area contributed by atoms with E-state index in [2.05, 4.69) is 0 Å². The number of nitrogens with two attached hydrogens (primary N) is 1. The molecule has 2 fully saturated rings. The van der Waals surface area contributed by atoms with Gasteiger partial charge in [-0.05, 0) is 49.3 Å². The molecule has 0 aromatic heterocycles. The Balaban J connectivity index is 1.73. The molecule has 0 atom stereocenters. The summed E-state index contributed by atoms with van der Waals surface area (Å²) in [5, 5.41) is 0. The highest BCUT2D eigenvalue weighted by Crippen LogP contribution is 2.47. The van der Waals surface area contributed by atoms with Gasteiger partial charge in [0.25, 0.3) is 0 Å². The fraction of sp³-hybridized carbons (Fsp3) is 0.571. The van der Waals surface area contributed by atoms with E-state index in [1.54, 1.807) is 12.1 Å². The SMILES string of the molecule is NCC1(c2ccc(OCC3CC3)c(F)c2)CC1. The number of benzene rings is 1. The zero-order chi connectivity index (χ0) is 11.9. The van der Waals surface area contributed by atoms with Crippen LogP contribution in [-0.4, -0.2) is 13.2 Å². The lowest BCUT2D eigenvalue weighted by molar-refractivity contribution is 0.285. The predicted molar refractivity (Wildman–Crippen MR) is 64.6 cm³/mol. The molecule has 0 heterocycles. The van der Waals surface area contributed by atoms with Gasteiger partial charge < -0.3 is 10.5 Å². The summed E-state index contributed by atoms with van der Waals surface area (Å²) < 4.78 is 19.3. The predicted octanol–water partition coefficient (Wildman–Crippen LogP) is 2.60. The fourth-order valence-corrected chi connectivity index (χ4v) is 2.20. The van der Waals surface area contributed by atoms with Crippen molar-refractivity contribution in [1.29, 1.82) is 0 Å². The molecule has 2 saturated carbocycles. The summed E-state index contributed by atoms with van der Waals surface area (Å²) in [6.45, 7) is 1.26. The molecule has 1 aromatic rings. The monoisotopic (exact) mass is 235 g/mol. The fourth-order valence-electron chi connectivity index (χ4n) is 2.20. The molecule has 0 saturated heterocycles. The van der Waals surface area contributed by atoms with Crippen LogP contribution < -0.4 is 10.5 Å². The van der Waals surface area contributed by atoms with E-state index in [-0.39, 0.29) is 11.2 Å². The average molecular weight is 235 g/mol. The van der Waals surface area contributed by atoms with Crippen molar-refractivity contribution in [3.05, 3.63) is 29.6 Å². The van der Waals surface area contributed by atoms with Crippen LogP contribution in [0, 0.1) is 11.7 Å². The third-order valence-corrected chi connectivity index (χ3v) is 3.96. The van der Waals surface area contributed by atoms with Crippen LogP contribution in [0.15, 0.2) is 18.2 Å².